The van der Waals surface area contributed by atoms with E-state index < -0.39 is 12.4 Å². The van der Waals surface area contributed by atoms with E-state index in [1.54, 1.807) is 0 Å². The topological polar surface area (TPSA) is 28.7 Å². The van der Waals surface area contributed by atoms with Crippen LogP contribution in [0.25, 0.3) is 11.0 Å². The smallest absolute Gasteiger partial charge is 0.445 e. The molecule has 0 atom stereocenters. The Bertz CT molecular complexity index is 591. The molecular weight excluding hydrogens is 260 g/mol. The number of rotatable bonds is 4. The molecule has 18 heavy (non-hydrogen) atoms. The van der Waals surface area contributed by atoms with Crippen molar-refractivity contribution in [2.45, 2.75) is 12.1 Å². The number of imidazole rings is 1. The Labute approximate surface area is 107 Å². The molecule has 96 valence electrons. The first-order chi connectivity index (χ1) is 8.36. The van der Waals surface area contributed by atoms with Gasteiger partial charge in [0.1, 0.15) is 0 Å². The van der Waals surface area contributed by atoms with E-state index in [4.69, 9.17) is 0 Å². The van der Waals surface area contributed by atoms with Gasteiger partial charge in [-0.05, 0) is 30.4 Å². The van der Waals surface area contributed by atoms with Gasteiger partial charge >= 0.3 is 6.98 Å². The van der Waals surface area contributed by atoms with E-state index in [0.717, 1.165) is 28.4 Å². The minimum atomic E-state index is -4.96. The van der Waals surface area contributed by atoms with Crippen molar-refractivity contribution in [3.05, 3.63) is 35.8 Å². The molecule has 1 aromatic carbocycles. The molecule has 1 heterocycles. The van der Waals surface area contributed by atoms with Crippen molar-refractivity contribution in [2.24, 2.45) is 0 Å². The monoisotopic (exact) mass is 271 g/mol. The van der Waals surface area contributed by atoms with E-state index in [0.29, 0.717) is 5.16 Å². The summed E-state index contributed by atoms with van der Waals surface area (Å²) in [6, 6.07) is 5.66. The molecule has 0 saturated heterocycles. The third kappa shape index (κ3) is 2.90. The molecule has 0 unspecified atom stereocenters. The Balaban J connectivity index is 2.11. The lowest BCUT2D eigenvalue weighted by molar-refractivity contribution is 0.491. The number of aromatic amines is 1. The van der Waals surface area contributed by atoms with Crippen LogP contribution in [0.15, 0.2) is 35.4 Å². The highest BCUT2D eigenvalue weighted by molar-refractivity contribution is 7.99. The van der Waals surface area contributed by atoms with Crippen molar-refractivity contribution in [1.29, 1.82) is 0 Å². The fourth-order valence-electron chi connectivity index (χ4n) is 1.42. The molecule has 0 amide bonds. The second kappa shape index (κ2) is 4.72. The van der Waals surface area contributed by atoms with E-state index in [9.17, 15) is 12.9 Å². The zero-order chi connectivity index (χ0) is 13.3. The lowest BCUT2D eigenvalue weighted by atomic mass is 9.82. The van der Waals surface area contributed by atoms with Crippen molar-refractivity contribution >= 4 is 29.8 Å². The summed E-state index contributed by atoms with van der Waals surface area (Å²) < 4.78 is 37.0. The standard InChI is InChI=1S/C11H11BF3N2S/c1-7-3-4-9-10(5-7)17-11(16-9)18-6-8(2)12(13,14)15/h3-5H,2,6H2,1H3,(H,16,17)/q-1. The molecule has 0 radical (unpaired) electrons. The van der Waals surface area contributed by atoms with E-state index in [1.165, 1.54) is 0 Å². The summed E-state index contributed by atoms with van der Waals surface area (Å²) in [5, 5.41) is 0.483. The molecule has 2 rings (SSSR count). The fourth-order valence-corrected chi connectivity index (χ4v) is 2.28. The van der Waals surface area contributed by atoms with Gasteiger partial charge < -0.3 is 17.9 Å². The third-order valence-electron chi connectivity index (χ3n) is 2.47. The molecule has 2 aromatic rings. The Morgan fingerprint density at radius 3 is 2.83 bits per heavy atom. The van der Waals surface area contributed by atoms with Crippen LogP contribution in [0.4, 0.5) is 12.9 Å². The minimum absolute atomic E-state index is 0.192. The summed E-state index contributed by atoms with van der Waals surface area (Å²) in [5.41, 5.74) is 1.97. The van der Waals surface area contributed by atoms with Gasteiger partial charge in [-0.25, -0.2) is 4.98 Å². The van der Waals surface area contributed by atoms with Crippen LogP contribution in [0, 0.1) is 6.92 Å². The maximum absolute atomic E-state index is 12.3. The number of nitrogens with one attached hydrogen (secondary N) is 1. The van der Waals surface area contributed by atoms with Crippen molar-refractivity contribution < 1.29 is 12.9 Å². The molecule has 0 fully saturated rings. The predicted molar refractivity (Wildman–Crippen MR) is 69.8 cm³/mol. The van der Waals surface area contributed by atoms with Crippen molar-refractivity contribution in [3.8, 4) is 0 Å². The Hall–Kier alpha value is -1.37. The Morgan fingerprint density at radius 1 is 1.44 bits per heavy atom. The van der Waals surface area contributed by atoms with E-state index in [1.807, 2.05) is 25.1 Å². The molecule has 0 spiro atoms. The van der Waals surface area contributed by atoms with E-state index in [2.05, 4.69) is 16.5 Å². The summed E-state index contributed by atoms with van der Waals surface area (Å²) >= 11 is 1.02. The number of hydrogen-bond acceptors (Lipinski definition) is 2. The zero-order valence-electron chi connectivity index (χ0n) is 9.71. The summed E-state index contributed by atoms with van der Waals surface area (Å²) in [5.74, 6) is -0.192. The summed E-state index contributed by atoms with van der Waals surface area (Å²) in [4.78, 5) is 7.21. The zero-order valence-corrected chi connectivity index (χ0v) is 10.5. The van der Waals surface area contributed by atoms with Crippen LogP contribution < -0.4 is 0 Å². The van der Waals surface area contributed by atoms with Gasteiger partial charge in [-0.2, -0.15) is 0 Å². The molecular formula is C11H11BF3N2S-. The maximum Gasteiger partial charge on any atom is 0.505 e. The van der Waals surface area contributed by atoms with Crippen molar-refractivity contribution in [3.63, 3.8) is 0 Å². The molecule has 0 aliphatic carbocycles. The normalized spacial score (nSPS) is 12.0. The lowest BCUT2D eigenvalue weighted by Gasteiger charge is -2.16. The number of halogens is 3. The van der Waals surface area contributed by atoms with Crippen LogP contribution in [0.2, 0.25) is 0 Å². The van der Waals surface area contributed by atoms with Gasteiger partial charge in [0.25, 0.3) is 0 Å². The number of H-pyrrole nitrogens is 1. The number of fused-ring (bicyclic) bond motifs is 1. The highest BCUT2D eigenvalue weighted by Gasteiger charge is 2.26. The van der Waals surface area contributed by atoms with Crippen LogP contribution in [0.5, 0.6) is 0 Å². The lowest BCUT2D eigenvalue weighted by Crippen LogP contribution is -2.20. The van der Waals surface area contributed by atoms with Gasteiger partial charge in [0.2, 0.25) is 0 Å². The summed E-state index contributed by atoms with van der Waals surface area (Å²) in [7, 11) is 0. The molecule has 1 aromatic heterocycles. The number of hydrogen-bond donors (Lipinski definition) is 1. The fraction of sp³-hybridized carbons (Fsp3) is 0.182. The second-order valence-corrected chi connectivity index (χ2v) is 5.05. The number of aromatic nitrogens is 2. The van der Waals surface area contributed by atoms with Gasteiger partial charge in [0.15, 0.2) is 5.16 Å². The number of thioether (sulfide) groups is 1. The Kier molecular flexibility index (Phi) is 3.43. The number of aryl methyl sites for hydroxylation is 1. The molecule has 2 nitrogen and oxygen atoms in total. The maximum atomic E-state index is 12.3. The van der Waals surface area contributed by atoms with Gasteiger partial charge in [-0.3, -0.25) is 0 Å². The Morgan fingerprint density at radius 2 is 2.17 bits per heavy atom. The molecule has 0 aliphatic rings. The highest BCUT2D eigenvalue weighted by atomic mass is 32.2. The average molecular weight is 271 g/mol. The van der Waals surface area contributed by atoms with Gasteiger partial charge in [-0.15, -0.1) is 12.1 Å². The number of nitrogens with zero attached hydrogens (tertiary/aromatic N) is 1. The van der Waals surface area contributed by atoms with Gasteiger partial charge in [0.05, 0.1) is 11.0 Å². The first-order valence-electron chi connectivity index (χ1n) is 5.33. The van der Waals surface area contributed by atoms with Crippen molar-refractivity contribution in [1.82, 2.24) is 9.97 Å². The largest absolute Gasteiger partial charge is 0.505 e. The third-order valence-corrected chi connectivity index (χ3v) is 3.45. The molecule has 7 heteroatoms. The van der Waals surface area contributed by atoms with E-state index >= 15 is 0 Å². The van der Waals surface area contributed by atoms with Crippen LogP contribution >= 0.6 is 11.8 Å². The molecule has 0 aliphatic heterocycles. The molecule has 0 bridgehead atoms. The molecule has 0 saturated carbocycles. The number of benzene rings is 1. The van der Waals surface area contributed by atoms with Crippen molar-refractivity contribution in [2.75, 3.05) is 5.75 Å². The van der Waals surface area contributed by atoms with Gasteiger partial charge in [-0.1, -0.05) is 17.8 Å². The van der Waals surface area contributed by atoms with Crippen LogP contribution in [0.3, 0.4) is 0 Å². The SMILES string of the molecule is C=C(CSc1nc2ccc(C)cc2[nH]1)[B-](F)(F)F. The summed E-state index contributed by atoms with van der Waals surface area (Å²) in [6.07, 6.45) is 0. The van der Waals surface area contributed by atoms with E-state index in [-0.39, 0.29) is 5.75 Å². The average Bonchev–Trinajstić information content (AvgIpc) is 2.66. The second-order valence-electron chi connectivity index (χ2n) is 4.08. The predicted octanol–water partition coefficient (Wildman–Crippen LogP) is 3.91. The minimum Gasteiger partial charge on any atom is -0.445 e. The first-order valence-corrected chi connectivity index (χ1v) is 6.31. The van der Waals surface area contributed by atoms with Crippen LogP contribution in [0.1, 0.15) is 5.56 Å². The van der Waals surface area contributed by atoms with Crippen LogP contribution in [-0.2, 0) is 0 Å². The van der Waals surface area contributed by atoms with Gasteiger partial charge in [0, 0.05) is 0 Å². The highest BCUT2D eigenvalue weighted by Crippen LogP contribution is 2.26. The van der Waals surface area contributed by atoms with Crippen LogP contribution in [-0.4, -0.2) is 22.7 Å². The molecule has 1 N–H and O–H groups in total. The quantitative estimate of drug-likeness (QED) is 0.674. The first kappa shape index (κ1) is 13.1. The summed E-state index contributed by atoms with van der Waals surface area (Å²) in [6.45, 7) is 0.0354.